The van der Waals surface area contributed by atoms with E-state index in [0.717, 1.165) is 11.3 Å². The van der Waals surface area contributed by atoms with E-state index in [1.165, 1.54) is 6.07 Å². The smallest absolute Gasteiger partial charge is 0.371 e. The second kappa shape index (κ2) is 7.32. The van der Waals surface area contributed by atoms with E-state index in [9.17, 15) is 4.79 Å². The molecule has 0 bridgehead atoms. The summed E-state index contributed by atoms with van der Waals surface area (Å²) in [5.41, 5.74) is 1.49. The first-order chi connectivity index (χ1) is 12.3. The summed E-state index contributed by atoms with van der Waals surface area (Å²) in [6, 6.07) is 8.78. The molecule has 0 radical (unpaired) electrons. The highest BCUT2D eigenvalue weighted by molar-refractivity contribution is 9.11. The first kappa shape index (κ1) is 18.8. The van der Waals surface area contributed by atoms with Crippen molar-refractivity contribution in [3.05, 3.63) is 50.6 Å². The largest absolute Gasteiger partial charge is 0.496 e. The average Bonchev–Trinajstić information content (AvgIpc) is 3.02. The summed E-state index contributed by atoms with van der Waals surface area (Å²) in [6.45, 7) is 4.16. The first-order valence-corrected chi connectivity index (χ1v) is 9.41. The lowest BCUT2D eigenvalue weighted by Gasteiger charge is -2.15. The molecule has 3 aromatic rings. The van der Waals surface area contributed by atoms with Crippen LogP contribution >= 0.6 is 31.9 Å². The Morgan fingerprint density at radius 3 is 2.54 bits per heavy atom. The van der Waals surface area contributed by atoms with E-state index < -0.39 is 5.97 Å². The number of halogens is 2. The summed E-state index contributed by atoms with van der Waals surface area (Å²) < 4.78 is 18.1. The van der Waals surface area contributed by atoms with Crippen molar-refractivity contribution in [2.45, 2.75) is 19.8 Å². The number of fused-ring (bicyclic) bond motifs is 1. The van der Waals surface area contributed by atoms with Gasteiger partial charge >= 0.3 is 5.97 Å². The van der Waals surface area contributed by atoms with Gasteiger partial charge in [-0.1, -0.05) is 13.8 Å². The molecule has 3 rings (SSSR count). The molecule has 136 valence electrons. The van der Waals surface area contributed by atoms with Crippen LogP contribution in [0.25, 0.3) is 11.0 Å². The van der Waals surface area contributed by atoms with E-state index in [-0.39, 0.29) is 11.7 Å². The zero-order valence-corrected chi connectivity index (χ0v) is 17.5. The van der Waals surface area contributed by atoms with Crippen molar-refractivity contribution < 1.29 is 23.8 Å². The van der Waals surface area contributed by atoms with Crippen LogP contribution in [0.4, 0.5) is 0 Å². The van der Waals surface area contributed by atoms with Gasteiger partial charge in [0.2, 0.25) is 5.76 Å². The SMILES string of the molecule is COc1ccc(Oc2c(Br)cc3oc(C(=O)O)cc3c2Br)cc1C(C)C. The number of aromatic carboxylic acids is 1. The summed E-state index contributed by atoms with van der Waals surface area (Å²) >= 11 is 6.96. The molecule has 7 heteroatoms. The lowest BCUT2D eigenvalue weighted by atomic mass is 10.0. The summed E-state index contributed by atoms with van der Waals surface area (Å²) in [5.74, 6) is 1.02. The van der Waals surface area contributed by atoms with Crippen LogP contribution in [0, 0.1) is 0 Å². The Balaban J connectivity index is 2.06. The van der Waals surface area contributed by atoms with Gasteiger partial charge in [-0.3, -0.25) is 0 Å². The van der Waals surface area contributed by atoms with Gasteiger partial charge < -0.3 is 19.0 Å². The molecule has 2 aromatic carbocycles. The lowest BCUT2D eigenvalue weighted by molar-refractivity contribution is 0.0665. The van der Waals surface area contributed by atoms with Crippen molar-refractivity contribution in [2.24, 2.45) is 0 Å². The maximum absolute atomic E-state index is 11.1. The molecule has 0 atom stereocenters. The minimum atomic E-state index is -1.12. The normalized spacial score (nSPS) is 11.2. The highest BCUT2D eigenvalue weighted by Gasteiger charge is 2.19. The first-order valence-electron chi connectivity index (χ1n) is 7.82. The average molecular weight is 484 g/mol. The summed E-state index contributed by atoms with van der Waals surface area (Å²) in [7, 11) is 1.64. The minimum absolute atomic E-state index is 0.128. The summed E-state index contributed by atoms with van der Waals surface area (Å²) in [6.07, 6.45) is 0. The summed E-state index contributed by atoms with van der Waals surface area (Å²) in [4.78, 5) is 11.1. The number of ether oxygens (including phenoxy) is 2. The minimum Gasteiger partial charge on any atom is -0.496 e. The van der Waals surface area contributed by atoms with E-state index in [4.69, 9.17) is 19.0 Å². The predicted molar refractivity (Wildman–Crippen MR) is 106 cm³/mol. The van der Waals surface area contributed by atoms with Crippen LogP contribution in [-0.2, 0) is 0 Å². The van der Waals surface area contributed by atoms with Crippen molar-refractivity contribution >= 4 is 48.8 Å². The third-order valence-electron chi connectivity index (χ3n) is 3.93. The third kappa shape index (κ3) is 3.46. The number of rotatable bonds is 5. The van der Waals surface area contributed by atoms with E-state index >= 15 is 0 Å². The number of hydrogen-bond acceptors (Lipinski definition) is 4. The molecule has 1 N–H and O–H groups in total. The second-order valence-corrected chi connectivity index (χ2v) is 7.64. The number of furan rings is 1. The van der Waals surface area contributed by atoms with Gasteiger partial charge in [0.25, 0.3) is 0 Å². The Labute approximate surface area is 167 Å². The van der Waals surface area contributed by atoms with Crippen molar-refractivity contribution in [1.29, 1.82) is 0 Å². The highest BCUT2D eigenvalue weighted by atomic mass is 79.9. The van der Waals surface area contributed by atoms with E-state index in [2.05, 4.69) is 45.7 Å². The second-order valence-electron chi connectivity index (χ2n) is 5.99. The quantitative estimate of drug-likeness (QED) is 0.443. The van der Waals surface area contributed by atoms with Crippen LogP contribution in [0.1, 0.15) is 35.9 Å². The van der Waals surface area contributed by atoms with Crippen LogP contribution in [-0.4, -0.2) is 18.2 Å². The standard InChI is InChI=1S/C19H16Br2O5/c1-9(2)11-6-10(4-5-14(11)24-3)25-18-13(20)8-15-12(17(18)21)7-16(26-15)19(22)23/h4-9H,1-3H3,(H,22,23). The fraction of sp³-hybridized carbons (Fsp3) is 0.211. The molecule has 0 unspecified atom stereocenters. The molecule has 0 aliphatic rings. The van der Waals surface area contributed by atoms with Gasteiger partial charge in [-0.25, -0.2) is 4.79 Å². The molecule has 0 aliphatic carbocycles. The van der Waals surface area contributed by atoms with Gasteiger partial charge in [0, 0.05) is 17.0 Å². The van der Waals surface area contributed by atoms with Crippen LogP contribution in [0.3, 0.4) is 0 Å². The van der Waals surface area contributed by atoms with Gasteiger partial charge in [0.1, 0.15) is 17.1 Å². The number of hydrogen-bond donors (Lipinski definition) is 1. The van der Waals surface area contributed by atoms with Crippen LogP contribution in [0.15, 0.2) is 43.7 Å². The molecule has 5 nitrogen and oxygen atoms in total. The van der Waals surface area contributed by atoms with Crippen molar-refractivity contribution in [3.63, 3.8) is 0 Å². The summed E-state index contributed by atoms with van der Waals surface area (Å²) in [5, 5.41) is 9.74. The molecule has 26 heavy (non-hydrogen) atoms. The number of benzene rings is 2. The molecule has 1 heterocycles. The van der Waals surface area contributed by atoms with Crippen LogP contribution in [0.2, 0.25) is 0 Å². The van der Waals surface area contributed by atoms with Gasteiger partial charge in [0.05, 0.1) is 16.1 Å². The molecule has 0 fully saturated rings. The van der Waals surface area contributed by atoms with Crippen molar-refractivity contribution in [3.8, 4) is 17.2 Å². The number of carboxylic acid groups (broad SMARTS) is 1. The van der Waals surface area contributed by atoms with Crippen LogP contribution < -0.4 is 9.47 Å². The third-order valence-corrected chi connectivity index (χ3v) is 5.30. The molecule has 0 aliphatic heterocycles. The maximum atomic E-state index is 11.1. The predicted octanol–water partition coefficient (Wildman–Crippen LogP) is 6.58. The Kier molecular flexibility index (Phi) is 5.29. The number of methoxy groups -OCH3 is 1. The Morgan fingerprint density at radius 2 is 1.92 bits per heavy atom. The molecule has 1 aromatic heterocycles. The van der Waals surface area contributed by atoms with Gasteiger partial charge in [-0.15, -0.1) is 0 Å². The fourth-order valence-electron chi connectivity index (χ4n) is 2.64. The van der Waals surface area contributed by atoms with E-state index in [1.807, 2.05) is 18.2 Å². The topological polar surface area (TPSA) is 68.9 Å². The molecule has 0 saturated heterocycles. The van der Waals surface area contributed by atoms with Crippen LogP contribution in [0.5, 0.6) is 17.2 Å². The van der Waals surface area contributed by atoms with Crippen molar-refractivity contribution in [1.82, 2.24) is 0 Å². The number of carboxylic acids is 1. The molecular weight excluding hydrogens is 468 g/mol. The van der Waals surface area contributed by atoms with Gasteiger partial charge in [-0.2, -0.15) is 0 Å². The maximum Gasteiger partial charge on any atom is 0.371 e. The molecule has 0 spiro atoms. The van der Waals surface area contributed by atoms with E-state index in [0.29, 0.717) is 31.4 Å². The molecule has 0 saturated carbocycles. The molecule has 0 amide bonds. The highest BCUT2D eigenvalue weighted by Crippen LogP contribution is 2.43. The Hall–Kier alpha value is -1.99. The lowest BCUT2D eigenvalue weighted by Crippen LogP contribution is -1.96. The Bertz CT molecular complexity index is 991. The molecular formula is C19H16Br2O5. The van der Waals surface area contributed by atoms with E-state index in [1.54, 1.807) is 13.2 Å². The van der Waals surface area contributed by atoms with Gasteiger partial charge in [-0.05, 0) is 62.0 Å². The number of carbonyl (C=O) groups is 1. The zero-order valence-electron chi connectivity index (χ0n) is 14.3. The Morgan fingerprint density at radius 1 is 1.19 bits per heavy atom. The van der Waals surface area contributed by atoms with Gasteiger partial charge in [0.15, 0.2) is 5.75 Å². The van der Waals surface area contributed by atoms with Crippen molar-refractivity contribution in [2.75, 3.05) is 7.11 Å². The monoisotopic (exact) mass is 482 g/mol. The zero-order chi connectivity index (χ0) is 19.0. The fourth-order valence-corrected chi connectivity index (χ4v) is 3.99.